The fraction of sp³-hybridized carbons (Fsp3) is 0.429. The van der Waals surface area contributed by atoms with E-state index in [9.17, 15) is 9.59 Å². The summed E-state index contributed by atoms with van der Waals surface area (Å²) in [7, 11) is 0. The van der Waals surface area contributed by atoms with E-state index < -0.39 is 0 Å². The number of para-hydroxylation sites is 1. The smallest absolute Gasteiger partial charge is 0.234 e. The minimum atomic E-state index is -0.0304. The van der Waals surface area contributed by atoms with Gasteiger partial charge in [0.2, 0.25) is 5.91 Å². The van der Waals surface area contributed by atoms with Crippen LogP contribution in [0.5, 0.6) is 5.75 Å². The Morgan fingerprint density at radius 1 is 1.42 bits per heavy atom. The van der Waals surface area contributed by atoms with Crippen LogP contribution in [0.1, 0.15) is 17.3 Å². The van der Waals surface area contributed by atoms with Crippen LogP contribution in [-0.4, -0.2) is 49.4 Å². The number of ether oxygens (including phenoxy) is 1. The van der Waals surface area contributed by atoms with Crippen LogP contribution in [0.3, 0.4) is 0 Å². The third kappa shape index (κ3) is 3.54. The largest absolute Gasteiger partial charge is 0.493 e. The highest BCUT2D eigenvalue weighted by atomic mass is 16.5. The minimum Gasteiger partial charge on any atom is -0.493 e. The Kier molecular flexibility index (Phi) is 4.52. The van der Waals surface area contributed by atoms with Crippen molar-refractivity contribution in [1.82, 2.24) is 10.2 Å². The van der Waals surface area contributed by atoms with Crippen molar-refractivity contribution < 1.29 is 14.3 Å². The van der Waals surface area contributed by atoms with Gasteiger partial charge in [-0.2, -0.15) is 0 Å². The Bertz CT molecular complexity index is 474. The van der Waals surface area contributed by atoms with Gasteiger partial charge in [-0.1, -0.05) is 12.1 Å². The van der Waals surface area contributed by atoms with Gasteiger partial charge in [-0.15, -0.1) is 0 Å². The van der Waals surface area contributed by atoms with E-state index in [-0.39, 0.29) is 24.8 Å². The van der Waals surface area contributed by atoms with Crippen molar-refractivity contribution in [2.24, 2.45) is 0 Å². The summed E-state index contributed by atoms with van der Waals surface area (Å²) in [6.07, 6.45) is 0. The Labute approximate surface area is 112 Å². The average Bonchev–Trinajstić information content (AvgIpc) is 2.39. The van der Waals surface area contributed by atoms with E-state index in [2.05, 4.69) is 5.32 Å². The number of hydrogen-bond acceptors (Lipinski definition) is 4. The van der Waals surface area contributed by atoms with Gasteiger partial charge in [-0.3, -0.25) is 14.5 Å². The molecule has 1 heterocycles. The lowest BCUT2D eigenvalue weighted by Crippen LogP contribution is -2.49. The van der Waals surface area contributed by atoms with E-state index in [1.165, 1.54) is 0 Å². The zero-order chi connectivity index (χ0) is 13.7. The van der Waals surface area contributed by atoms with E-state index in [0.717, 1.165) is 0 Å². The van der Waals surface area contributed by atoms with Gasteiger partial charge in [0.05, 0.1) is 25.3 Å². The van der Waals surface area contributed by atoms with Gasteiger partial charge >= 0.3 is 0 Å². The van der Waals surface area contributed by atoms with Crippen molar-refractivity contribution in [3.8, 4) is 5.75 Å². The molecule has 1 aliphatic heterocycles. The topological polar surface area (TPSA) is 58.6 Å². The van der Waals surface area contributed by atoms with Gasteiger partial charge in [0.25, 0.3) is 0 Å². The molecule has 1 aromatic carbocycles. The third-order valence-corrected chi connectivity index (χ3v) is 2.97. The summed E-state index contributed by atoms with van der Waals surface area (Å²) in [6, 6.07) is 7.21. The molecule has 102 valence electrons. The molecule has 1 fully saturated rings. The normalized spacial score (nSPS) is 15.9. The van der Waals surface area contributed by atoms with Crippen molar-refractivity contribution in [2.75, 3.05) is 32.8 Å². The van der Waals surface area contributed by atoms with Crippen molar-refractivity contribution in [3.63, 3.8) is 0 Å². The molecule has 0 saturated carbocycles. The zero-order valence-electron chi connectivity index (χ0n) is 11.0. The van der Waals surface area contributed by atoms with Gasteiger partial charge < -0.3 is 10.1 Å². The molecule has 5 nitrogen and oxygen atoms in total. The summed E-state index contributed by atoms with van der Waals surface area (Å²) in [5.41, 5.74) is 0.579. The maximum absolute atomic E-state index is 12.3. The van der Waals surface area contributed by atoms with Gasteiger partial charge in [0, 0.05) is 13.1 Å². The Morgan fingerprint density at radius 3 is 2.95 bits per heavy atom. The number of Topliss-reactive ketones (excluding diaryl/α,β-unsaturated/α-hetero) is 1. The molecule has 2 rings (SSSR count). The lowest BCUT2D eigenvalue weighted by atomic mass is 10.1. The van der Waals surface area contributed by atoms with Crippen LogP contribution < -0.4 is 10.1 Å². The van der Waals surface area contributed by atoms with Crippen LogP contribution in [0.2, 0.25) is 0 Å². The number of nitrogens with zero attached hydrogens (tertiary/aromatic N) is 1. The monoisotopic (exact) mass is 262 g/mol. The SMILES string of the molecule is CCOc1ccccc1C(=O)CN1CCNC(=O)C1. The molecule has 0 radical (unpaired) electrons. The molecule has 5 heteroatoms. The first-order valence-corrected chi connectivity index (χ1v) is 6.44. The van der Waals surface area contributed by atoms with Crippen LogP contribution in [0, 0.1) is 0 Å². The molecule has 0 spiro atoms. The fourth-order valence-electron chi connectivity index (χ4n) is 2.09. The maximum atomic E-state index is 12.3. The highest BCUT2D eigenvalue weighted by molar-refractivity contribution is 6.00. The van der Waals surface area contributed by atoms with E-state index in [0.29, 0.717) is 31.0 Å². The fourth-order valence-corrected chi connectivity index (χ4v) is 2.09. The predicted octanol–water partition coefficient (Wildman–Crippen LogP) is 0.700. The van der Waals surface area contributed by atoms with Gasteiger partial charge in [-0.05, 0) is 19.1 Å². The molecule has 0 aromatic heterocycles. The number of nitrogens with one attached hydrogen (secondary N) is 1. The van der Waals surface area contributed by atoms with Gasteiger partial charge in [0.1, 0.15) is 5.75 Å². The highest BCUT2D eigenvalue weighted by Gasteiger charge is 2.20. The lowest BCUT2D eigenvalue weighted by molar-refractivity contribution is -0.123. The zero-order valence-corrected chi connectivity index (χ0v) is 11.0. The second-order valence-corrected chi connectivity index (χ2v) is 4.41. The summed E-state index contributed by atoms with van der Waals surface area (Å²) in [6.45, 7) is 4.24. The van der Waals surface area contributed by atoms with E-state index >= 15 is 0 Å². The molecule has 1 saturated heterocycles. The summed E-state index contributed by atoms with van der Waals surface area (Å²) in [4.78, 5) is 25.4. The molecule has 1 aliphatic rings. The first-order chi connectivity index (χ1) is 9.20. The second kappa shape index (κ2) is 6.33. The van der Waals surface area contributed by atoms with Gasteiger partial charge in [0.15, 0.2) is 5.78 Å². The van der Waals surface area contributed by atoms with Crippen LogP contribution in [0.4, 0.5) is 0 Å². The van der Waals surface area contributed by atoms with Crippen molar-refractivity contribution in [2.45, 2.75) is 6.92 Å². The number of rotatable bonds is 5. The number of ketones is 1. The lowest BCUT2D eigenvalue weighted by Gasteiger charge is -2.25. The van der Waals surface area contributed by atoms with Crippen molar-refractivity contribution in [1.29, 1.82) is 0 Å². The van der Waals surface area contributed by atoms with E-state index in [4.69, 9.17) is 4.74 Å². The summed E-state index contributed by atoms with van der Waals surface area (Å²) in [5, 5.41) is 2.74. The molecule has 1 aromatic rings. The molecular formula is C14H18N2O3. The number of hydrogen-bond donors (Lipinski definition) is 1. The van der Waals surface area contributed by atoms with Gasteiger partial charge in [-0.25, -0.2) is 0 Å². The van der Waals surface area contributed by atoms with Crippen LogP contribution in [0.15, 0.2) is 24.3 Å². The second-order valence-electron chi connectivity index (χ2n) is 4.41. The number of amides is 1. The third-order valence-electron chi connectivity index (χ3n) is 2.97. The summed E-state index contributed by atoms with van der Waals surface area (Å²) in [5.74, 6) is 0.562. The molecule has 0 aliphatic carbocycles. The minimum absolute atomic E-state index is 0.0150. The molecule has 1 N–H and O–H groups in total. The number of piperazine rings is 1. The quantitative estimate of drug-likeness (QED) is 0.794. The predicted molar refractivity (Wildman–Crippen MR) is 71.4 cm³/mol. The molecular weight excluding hydrogens is 244 g/mol. The molecule has 0 bridgehead atoms. The van der Waals surface area contributed by atoms with Crippen LogP contribution in [0.25, 0.3) is 0 Å². The summed E-state index contributed by atoms with van der Waals surface area (Å²) >= 11 is 0. The van der Waals surface area contributed by atoms with Crippen LogP contribution in [-0.2, 0) is 4.79 Å². The average molecular weight is 262 g/mol. The van der Waals surface area contributed by atoms with Crippen molar-refractivity contribution in [3.05, 3.63) is 29.8 Å². The van der Waals surface area contributed by atoms with Crippen molar-refractivity contribution >= 4 is 11.7 Å². The molecule has 0 unspecified atom stereocenters. The van der Waals surface area contributed by atoms with Crippen LogP contribution >= 0.6 is 0 Å². The number of carbonyl (C=O) groups is 2. The standard InChI is InChI=1S/C14H18N2O3/c1-2-19-13-6-4-3-5-11(13)12(17)9-16-8-7-15-14(18)10-16/h3-6H,2,7-10H2,1H3,(H,15,18). The highest BCUT2D eigenvalue weighted by Crippen LogP contribution is 2.18. The first-order valence-electron chi connectivity index (χ1n) is 6.44. The van der Waals surface area contributed by atoms with E-state index in [1.54, 1.807) is 12.1 Å². The number of carbonyl (C=O) groups excluding carboxylic acids is 2. The first kappa shape index (κ1) is 13.5. The molecule has 1 amide bonds. The van der Waals surface area contributed by atoms with E-state index in [1.807, 2.05) is 24.0 Å². The molecule has 19 heavy (non-hydrogen) atoms. The molecule has 0 atom stereocenters. The Balaban J connectivity index is 2.05. The number of benzene rings is 1. The summed E-state index contributed by atoms with van der Waals surface area (Å²) < 4.78 is 5.45. The maximum Gasteiger partial charge on any atom is 0.234 e. The Hall–Kier alpha value is -1.88. The Morgan fingerprint density at radius 2 is 2.21 bits per heavy atom.